The number of hydrogen-bond donors (Lipinski definition) is 1. The molecule has 1 heterocycles. The number of ether oxygens (including phenoxy) is 3. The topological polar surface area (TPSA) is 152 Å². The highest BCUT2D eigenvalue weighted by Gasteiger charge is 2.25. The molecule has 0 saturated carbocycles. The zero-order valence-corrected chi connectivity index (χ0v) is 18.8. The van der Waals surface area contributed by atoms with Crippen LogP contribution in [-0.2, 0) is 35.0 Å². The van der Waals surface area contributed by atoms with Gasteiger partial charge in [-0.05, 0) is 12.0 Å². The van der Waals surface area contributed by atoms with Crippen molar-refractivity contribution in [1.29, 1.82) is 0 Å². The number of nitro benzene ring substituents is 1. The molecule has 34 heavy (non-hydrogen) atoms. The molecule has 0 aliphatic carbocycles. The summed E-state index contributed by atoms with van der Waals surface area (Å²) >= 11 is 0. The van der Waals surface area contributed by atoms with Gasteiger partial charge in [0.2, 0.25) is 0 Å². The Hall–Kier alpha value is -3.13. The van der Waals surface area contributed by atoms with E-state index >= 15 is 0 Å². The van der Waals surface area contributed by atoms with E-state index in [1.807, 2.05) is 9.80 Å². The molecule has 13 nitrogen and oxygen atoms in total. The zero-order chi connectivity index (χ0) is 24.8. The van der Waals surface area contributed by atoms with Crippen molar-refractivity contribution < 1.29 is 38.6 Å². The van der Waals surface area contributed by atoms with Gasteiger partial charge in [-0.2, -0.15) is 0 Å². The van der Waals surface area contributed by atoms with E-state index in [1.54, 1.807) is 17.0 Å². The summed E-state index contributed by atoms with van der Waals surface area (Å²) in [4.78, 5) is 49.0. The minimum atomic E-state index is -0.992. The Morgan fingerprint density at radius 3 is 2.29 bits per heavy atom. The molecule has 0 spiro atoms. The number of nitro groups is 1. The molecule has 1 atom stereocenters. The van der Waals surface area contributed by atoms with Gasteiger partial charge in [-0.15, -0.1) is 0 Å². The average Bonchev–Trinajstić information content (AvgIpc) is 2.81. The Morgan fingerprint density at radius 2 is 1.68 bits per heavy atom. The van der Waals surface area contributed by atoms with E-state index in [-0.39, 0.29) is 38.3 Å². The molecule has 0 bridgehead atoms. The molecular weight excluding hydrogens is 452 g/mol. The summed E-state index contributed by atoms with van der Waals surface area (Å²) in [5, 5.41) is 20.4. The number of benzene rings is 1. The first kappa shape index (κ1) is 27.1. The number of carboxylic acids is 1. The van der Waals surface area contributed by atoms with Gasteiger partial charge in [-0.1, -0.05) is 12.1 Å². The summed E-state index contributed by atoms with van der Waals surface area (Å²) in [6.45, 7) is 3.38. The highest BCUT2D eigenvalue weighted by atomic mass is 16.6. The molecule has 1 fully saturated rings. The second-order valence-corrected chi connectivity index (χ2v) is 7.74. The first-order valence-corrected chi connectivity index (χ1v) is 10.7. The predicted octanol–water partition coefficient (Wildman–Crippen LogP) is -0.212. The van der Waals surface area contributed by atoms with Crippen LogP contribution in [0.15, 0.2) is 24.3 Å². The van der Waals surface area contributed by atoms with Crippen molar-refractivity contribution in [2.75, 3.05) is 65.9 Å². The van der Waals surface area contributed by atoms with Gasteiger partial charge in [0.1, 0.15) is 13.5 Å². The van der Waals surface area contributed by atoms with E-state index in [0.717, 1.165) is 5.56 Å². The Morgan fingerprint density at radius 1 is 1.06 bits per heavy atom. The number of nitrogens with zero attached hydrogens (tertiary/aromatic N) is 4. The highest BCUT2D eigenvalue weighted by molar-refractivity contribution is 5.69. The van der Waals surface area contributed by atoms with E-state index < -0.39 is 10.9 Å². The van der Waals surface area contributed by atoms with Crippen LogP contribution in [0.2, 0.25) is 0 Å². The molecular formula is C21H30N4O9. The molecule has 1 aromatic rings. The lowest BCUT2D eigenvalue weighted by molar-refractivity contribution is -0.384. The van der Waals surface area contributed by atoms with E-state index in [4.69, 9.17) is 14.2 Å². The largest absolute Gasteiger partial charge is 0.480 e. The van der Waals surface area contributed by atoms with Crippen molar-refractivity contribution in [3.8, 4) is 0 Å². The van der Waals surface area contributed by atoms with Gasteiger partial charge in [0.15, 0.2) is 0 Å². The molecule has 13 heteroatoms. The fourth-order valence-electron chi connectivity index (χ4n) is 3.68. The predicted molar refractivity (Wildman–Crippen MR) is 118 cm³/mol. The van der Waals surface area contributed by atoms with Crippen molar-refractivity contribution in [2.45, 2.75) is 12.5 Å². The van der Waals surface area contributed by atoms with Crippen molar-refractivity contribution in [3.05, 3.63) is 39.9 Å². The van der Waals surface area contributed by atoms with Crippen LogP contribution in [0, 0.1) is 10.1 Å². The van der Waals surface area contributed by atoms with Crippen LogP contribution < -0.4 is 0 Å². The first-order valence-electron chi connectivity index (χ1n) is 10.7. The number of carboxylic acid groups (broad SMARTS) is 1. The second kappa shape index (κ2) is 14.9. The lowest BCUT2D eigenvalue weighted by Gasteiger charge is -2.36. The summed E-state index contributed by atoms with van der Waals surface area (Å²) < 4.78 is 15.5. The van der Waals surface area contributed by atoms with Crippen molar-refractivity contribution >= 4 is 24.6 Å². The van der Waals surface area contributed by atoms with Crippen LogP contribution in [0.1, 0.15) is 5.56 Å². The fraction of sp³-hybridized carbons (Fsp3) is 0.571. The lowest BCUT2D eigenvalue weighted by Crippen LogP contribution is -2.50. The third kappa shape index (κ3) is 9.79. The summed E-state index contributed by atoms with van der Waals surface area (Å²) in [5.74, 6) is -0.992. The van der Waals surface area contributed by atoms with Crippen LogP contribution in [0.25, 0.3) is 0 Å². The van der Waals surface area contributed by atoms with Gasteiger partial charge < -0.3 is 19.3 Å². The Kier molecular flexibility index (Phi) is 11.9. The fourth-order valence-corrected chi connectivity index (χ4v) is 3.68. The van der Waals surface area contributed by atoms with E-state index in [1.165, 1.54) is 12.1 Å². The van der Waals surface area contributed by atoms with Gasteiger partial charge in [-0.25, -0.2) is 0 Å². The Labute approximate surface area is 196 Å². The molecule has 0 amide bonds. The standard InChI is InChI=1S/C21H30N4O9/c26-16-33-14-22-5-6-23(15-34-17-27)12-20(11-18-1-3-19(4-2-18)25(30)31)24(13-21(28)29)8-10-32-9-7-22/h1-4,16-17,20H,5-15H2,(H,28,29). The molecule has 0 aromatic heterocycles. The molecule has 0 radical (unpaired) electrons. The zero-order valence-electron chi connectivity index (χ0n) is 18.8. The number of carbonyl (C=O) groups is 3. The molecule has 1 saturated heterocycles. The summed E-state index contributed by atoms with van der Waals surface area (Å²) in [7, 11) is 0. The number of non-ortho nitro benzene ring substituents is 1. The Bertz CT molecular complexity index is 793. The Balaban J connectivity index is 2.25. The molecule has 1 aliphatic rings. The SMILES string of the molecule is O=COCN1CCOCCN(CC(=O)O)C(Cc2ccc([N+](=O)[O-])cc2)CN(COC=O)CC1. The van der Waals surface area contributed by atoms with Gasteiger partial charge >= 0.3 is 5.97 Å². The van der Waals surface area contributed by atoms with Crippen molar-refractivity contribution in [3.63, 3.8) is 0 Å². The average molecular weight is 482 g/mol. The van der Waals surface area contributed by atoms with Gasteiger partial charge in [0, 0.05) is 50.9 Å². The van der Waals surface area contributed by atoms with E-state index in [0.29, 0.717) is 58.7 Å². The normalized spacial score (nSPS) is 19.4. The smallest absolute Gasteiger partial charge is 0.317 e. The number of carbonyl (C=O) groups excluding carboxylic acids is 2. The molecule has 1 aliphatic heterocycles. The van der Waals surface area contributed by atoms with Gasteiger partial charge in [0.05, 0.1) is 24.7 Å². The van der Waals surface area contributed by atoms with Crippen molar-refractivity contribution in [1.82, 2.24) is 14.7 Å². The maximum atomic E-state index is 11.6. The quantitative estimate of drug-likeness (QED) is 0.252. The monoisotopic (exact) mass is 482 g/mol. The summed E-state index contributed by atoms with van der Waals surface area (Å²) in [6, 6.07) is 5.81. The van der Waals surface area contributed by atoms with Crippen LogP contribution >= 0.6 is 0 Å². The summed E-state index contributed by atoms with van der Waals surface area (Å²) in [6.07, 6.45) is 0.417. The first-order chi connectivity index (χ1) is 16.4. The molecule has 188 valence electrons. The van der Waals surface area contributed by atoms with Gasteiger partial charge in [-0.3, -0.25) is 39.2 Å². The third-order valence-corrected chi connectivity index (χ3v) is 5.40. The van der Waals surface area contributed by atoms with Crippen LogP contribution in [0.5, 0.6) is 0 Å². The van der Waals surface area contributed by atoms with Crippen LogP contribution in [-0.4, -0.2) is 116 Å². The third-order valence-electron chi connectivity index (χ3n) is 5.40. The minimum Gasteiger partial charge on any atom is -0.480 e. The van der Waals surface area contributed by atoms with Gasteiger partial charge in [0.25, 0.3) is 18.6 Å². The van der Waals surface area contributed by atoms with E-state index in [2.05, 4.69) is 0 Å². The highest BCUT2D eigenvalue weighted by Crippen LogP contribution is 2.16. The van der Waals surface area contributed by atoms with Crippen LogP contribution in [0.3, 0.4) is 0 Å². The maximum Gasteiger partial charge on any atom is 0.317 e. The number of aliphatic carboxylic acids is 1. The summed E-state index contributed by atoms with van der Waals surface area (Å²) in [5.41, 5.74) is 0.771. The minimum absolute atomic E-state index is 0.0000502. The number of rotatable bonds is 11. The second-order valence-electron chi connectivity index (χ2n) is 7.74. The maximum absolute atomic E-state index is 11.6. The van der Waals surface area contributed by atoms with Crippen molar-refractivity contribution in [2.24, 2.45) is 0 Å². The molecule has 1 N–H and O–H groups in total. The van der Waals surface area contributed by atoms with Crippen LogP contribution in [0.4, 0.5) is 5.69 Å². The molecule has 1 aromatic carbocycles. The molecule has 1 unspecified atom stereocenters. The molecule has 2 rings (SSSR count). The van der Waals surface area contributed by atoms with E-state index in [9.17, 15) is 29.6 Å². The number of hydrogen-bond acceptors (Lipinski definition) is 11. The lowest BCUT2D eigenvalue weighted by atomic mass is 10.0.